The Bertz CT molecular complexity index is 1030. The van der Waals surface area contributed by atoms with Crippen LogP contribution in [0.4, 0.5) is 0 Å². The van der Waals surface area contributed by atoms with Gasteiger partial charge in [0.25, 0.3) is 11.8 Å². The number of aromatic nitrogens is 4. The van der Waals surface area contributed by atoms with E-state index in [0.717, 1.165) is 24.4 Å². The Balaban J connectivity index is 1.31. The van der Waals surface area contributed by atoms with Gasteiger partial charge >= 0.3 is 0 Å². The number of carbonyl (C=O) groups is 2. The molecule has 1 spiro atoms. The molecule has 144 valence electrons. The van der Waals surface area contributed by atoms with Crippen molar-refractivity contribution in [1.29, 1.82) is 0 Å². The second-order valence-corrected chi connectivity index (χ2v) is 8.15. The van der Waals surface area contributed by atoms with Crippen molar-refractivity contribution in [3.63, 3.8) is 0 Å². The highest BCUT2D eigenvalue weighted by Gasteiger charge is 2.53. The Hall–Kier alpha value is -2.94. The van der Waals surface area contributed by atoms with Crippen LogP contribution in [-0.2, 0) is 12.1 Å². The first-order valence-corrected chi connectivity index (χ1v) is 10.2. The van der Waals surface area contributed by atoms with Crippen molar-refractivity contribution in [2.45, 2.75) is 31.5 Å². The molecule has 3 aromatic rings. The van der Waals surface area contributed by atoms with Crippen LogP contribution in [-0.4, -0.2) is 49.1 Å². The number of nitrogens with zero attached hydrogens (tertiary/aromatic N) is 5. The van der Waals surface area contributed by atoms with Gasteiger partial charge in [-0.25, -0.2) is 4.98 Å². The van der Waals surface area contributed by atoms with Gasteiger partial charge in [-0.15, -0.1) is 0 Å². The topological polar surface area (TPSA) is 85.0 Å². The highest BCUT2D eigenvalue weighted by atomic mass is 32.1. The fourth-order valence-electron chi connectivity index (χ4n) is 4.21. The van der Waals surface area contributed by atoms with Crippen LogP contribution in [0.2, 0.25) is 0 Å². The maximum absolute atomic E-state index is 12.6. The summed E-state index contributed by atoms with van der Waals surface area (Å²) < 4.78 is 3.86. The number of likely N-dealkylation sites (tertiary alicyclic amines) is 1. The number of thiophene rings is 1. The Morgan fingerprint density at radius 1 is 1.36 bits per heavy atom. The Morgan fingerprint density at radius 3 is 2.93 bits per heavy atom. The van der Waals surface area contributed by atoms with Gasteiger partial charge in [-0.3, -0.25) is 14.3 Å². The van der Waals surface area contributed by atoms with E-state index in [0.29, 0.717) is 18.7 Å². The van der Waals surface area contributed by atoms with E-state index in [1.54, 1.807) is 23.3 Å². The molecule has 5 rings (SSSR count). The molecule has 5 heterocycles. The molecule has 1 N–H and O–H groups in total. The van der Waals surface area contributed by atoms with Crippen LogP contribution < -0.4 is 5.32 Å². The van der Waals surface area contributed by atoms with Crippen LogP contribution >= 0.6 is 11.3 Å². The van der Waals surface area contributed by atoms with E-state index < -0.39 is 0 Å². The lowest BCUT2D eigenvalue weighted by molar-refractivity contribution is 0.0139. The van der Waals surface area contributed by atoms with Gasteiger partial charge < -0.3 is 14.8 Å². The highest BCUT2D eigenvalue weighted by molar-refractivity contribution is 7.08. The number of rotatable bonds is 4. The molecule has 0 radical (unpaired) electrons. The van der Waals surface area contributed by atoms with E-state index in [1.165, 1.54) is 11.3 Å². The van der Waals surface area contributed by atoms with E-state index in [9.17, 15) is 9.59 Å². The normalized spacial score (nSPS) is 19.5. The van der Waals surface area contributed by atoms with E-state index in [-0.39, 0.29) is 23.4 Å². The van der Waals surface area contributed by atoms with Gasteiger partial charge in [0.2, 0.25) is 0 Å². The fourth-order valence-corrected chi connectivity index (χ4v) is 4.84. The van der Waals surface area contributed by atoms with E-state index in [2.05, 4.69) is 20.0 Å². The van der Waals surface area contributed by atoms with Gasteiger partial charge in [0, 0.05) is 50.0 Å². The molecule has 2 aliphatic heterocycles. The third-order valence-electron chi connectivity index (χ3n) is 5.63. The van der Waals surface area contributed by atoms with Crippen LogP contribution in [0.5, 0.6) is 0 Å². The number of aryl methyl sites for hydroxylation is 1. The zero-order valence-corrected chi connectivity index (χ0v) is 16.2. The number of hydrogen-bond donors (Lipinski definition) is 1. The maximum atomic E-state index is 12.6. The first-order valence-electron chi connectivity index (χ1n) is 9.28. The second kappa shape index (κ2) is 6.30. The third kappa shape index (κ3) is 2.57. The van der Waals surface area contributed by atoms with Gasteiger partial charge in [-0.2, -0.15) is 16.4 Å². The van der Waals surface area contributed by atoms with E-state index in [4.69, 9.17) is 0 Å². The summed E-state index contributed by atoms with van der Waals surface area (Å²) in [6.45, 7) is 3.96. The molecule has 1 atom stereocenters. The summed E-state index contributed by atoms with van der Waals surface area (Å²) in [6, 6.07) is 1.68. The number of nitrogens with one attached hydrogen (secondary N) is 1. The molecule has 9 heteroatoms. The lowest BCUT2D eigenvalue weighted by Crippen LogP contribution is -2.63. The predicted molar refractivity (Wildman–Crippen MR) is 103 cm³/mol. The Kier molecular flexibility index (Phi) is 3.87. The van der Waals surface area contributed by atoms with Crippen molar-refractivity contribution in [2.24, 2.45) is 0 Å². The van der Waals surface area contributed by atoms with Gasteiger partial charge in [0.05, 0.1) is 28.9 Å². The molecular weight excluding hydrogens is 376 g/mol. The molecule has 0 saturated carbocycles. The number of fused-ring (bicyclic) bond motifs is 2. The third-order valence-corrected chi connectivity index (χ3v) is 6.31. The molecule has 2 aliphatic rings. The lowest BCUT2D eigenvalue weighted by Gasteiger charge is -2.49. The fraction of sp³-hybridized carbons (Fsp3) is 0.368. The monoisotopic (exact) mass is 396 g/mol. The highest BCUT2D eigenvalue weighted by Crippen LogP contribution is 2.44. The van der Waals surface area contributed by atoms with Crippen molar-refractivity contribution in [3.8, 4) is 0 Å². The van der Waals surface area contributed by atoms with Crippen LogP contribution in [0.3, 0.4) is 0 Å². The van der Waals surface area contributed by atoms with Crippen LogP contribution in [0.1, 0.15) is 45.9 Å². The summed E-state index contributed by atoms with van der Waals surface area (Å²) in [5.74, 6) is 0.758. The first-order chi connectivity index (χ1) is 13.6. The van der Waals surface area contributed by atoms with Crippen molar-refractivity contribution >= 4 is 23.2 Å². The average Bonchev–Trinajstić information content (AvgIpc) is 3.44. The summed E-state index contributed by atoms with van der Waals surface area (Å²) in [4.78, 5) is 31.6. The molecule has 8 nitrogen and oxygen atoms in total. The van der Waals surface area contributed by atoms with Crippen LogP contribution in [0, 0.1) is 0 Å². The Labute approximate surface area is 165 Å². The predicted octanol–water partition coefficient (Wildman–Crippen LogP) is 1.89. The molecule has 3 aromatic heterocycles. The van der Waals surface area contributed by atoms with Crippen molar-refractivity contribution < 1.29 is 9.59 Å². The molecule has 1 fully saturated rings. The second-order valence-electron chi connectivity index (χ2n) is 7.37. The smallest absolute Gasteiger partial charge is 0.255 e. The molecule has 0 aromatic carbocycles. The molecule has 0 bridgehead atoms. The number of hydrogen-bond acceptors (Lipinski definition) is 5. The molecule has 0 aliphatic carbocycles. The minimum Gasteiger partial charge on any atom is -0.342 e. The molecular formula is C19H20N6O2S. The Morgan fingerprint density at radius 2 is 2.21 bits per heavy atom. The molecule has 2 amide bonds. The number of amides is 2. The standard InChI is InChI=1S/C19H20N6O2S/c1-2-24-9-14(8-21-24)17(26)22-15-7-19(25-5-4-20-16(15)25)11-23(12-19)18(27)13-3-6-28-10-13/h3-6,8-10,15H,2,7,11-12H2,1H3,(H,22,26). The summed E-state index contributed by atoms with van der Waals surface area (Å²) >= 11 is 1.52. The minimum atomic E-state index is -0.191. The number of carbonyl (C=O) groups excluding carboxylic acids is 2. The molecule has 28 heavy (non-hydrogen) atoms. The zero-order valence-electron chi connectivity index (χ0n) is 15.4. The van der Waals surface area contributed by atoms with Gasteiger partial charge in [-0.1, -0.05) is 0 Å². The zero-order chi connectivity index (χ0) is 19.3. The van der Waals surface area contributed by atoms with Crippen molar-refractivity contribution in [3.05, 3.63) is 58.6 Å². The van der Waals surface area contributed by atoms with E-state index in [1.807, 2.05) is 34.8 Å². The first kappa shape index (κ1) is 17.2. The van der Waals surface area contributed by atoms with Crippen molar-refractivity contribution in [1.82, 2.24) is 29.5 Å². The van der Waals surface area contributed by atoms with Gasteiger partial charge in [0.1, 0.15) is 5.82 Å². The summed E-state index contributed by atoms with van der Waals surface area (Å²) in [5, 5.41) is 11.1. The van der Waals surface area contributed by atoms with Gasteiger partial charge in [0.15, 0.2) is 0 Å². The quantitative estimate of drug-likeness (QED) is 0.730. The number of imidazole rings is 1. The van der Waals surface area contributed by atoms with E-state index >= 15 is 0 Å². The molecule has 1 unspecified atom stereocenters. The van der Waals surface area contributed by atoms with Crippen LogP contribution in [0.25, 0.3) is 0 Å². The summed E-state index contributed by atoms with van der Waals surface area (Å²) in [7, 11) is 0. The largest absolute Gasteiger partial charge is 0.342 e. The minimum absolute atomic E-state index is 0.0630. The van der Waals surface area contributed by atoms with Crippen LogP contribution in [0.15, 0.2) is 41.6 Å². The summed E-state index contributed by atoms with van der Waals surface area (Å²) in [5.41, 5.74) is 1.09. The average molecular weight is 396 g/mol. The SMILES string of the molecule is CCn1cc(C(=O)NC2CC3(CN(C(=O)c4ccsc4)C3)n3ccnc32)cn1. The van der Waals surface area contributed by atoms with Gasteiger partial charge in [-0.05, 0) is 18.4 Å². The summed E-state index contributed by atoms with van der Waals surface area (Å²) in [6.07, 6.45) is 7.77. The van der Waals surface area contributed by atoms with Crippen molar-refractivity contribution in [2.75, 3.05) is 13.1 Å². The molecule has 1 saturated heterocycles. The lowest BCUT2D eigenvalue weighted by atomic mass is 9.85. The maximum Gasteiger partial charge on any atom is 0.255 e.